The molecule has 0 radical (unpaired) electrons. The molecule has 32 heteroatoms. The molecular weight excluding hydrogens is 1630 g/mol. The van der Waals surface area contributed by atoms with Crippen LogP contribution in [0.5, 0.6) is 5.75 Å². The van der Waals surface area contributed by atoms with E-state index in [-0.39, 0.29) is 89.7 Å². The first-order valence-corrected chi connectivity index (χ1v) is 38.9. The molecule has 0 saturated carbocycles. The summed E-state index contributed by atoms with van der Waals surface area (Å²) >= 11 is 37.2. The highest BCUT2D eigenvalue weighted by Gasteiger charge is 2.36. The van der Waals surface area contributed by atoms with Crippen LogP contribution in [0.25, 0.3) is 32.7 Å². The normalized spacial score (nSPS) is 13.4. The standard InChI is InChI=1S/C28H24ClFN4O5.C27H29Cl3N4O4.C27H30Cl2N4O4.3CH4/c1-39-22-9-4-19(5-10-22)27(35)32-14-12-31(13-15-32)25-23-16-20(29)6-11-24(23)33(28(36)26(25)34(37)38)17-18-2-7-21(30)8-3-18;1-4-38-27(37)23-24(19-16-18(28)6-8-22(19)34(26(23)36)14-9-31(2)3)32-10-12-33(13-11-32)25(35)17-5-7-20(29)21(30)15-17;1-4-37-27(36)23-24(21-17-20(29)9-10-22(21)33(26(23)35)16-11-30(2)3)31-12-14-32(15-13-31)25(34)18-5-7-19(28)8-6-18;;;/h2-11,16H,12-15,17H2,1H3;5-8,15-16H,4,9-14H2,1-3H3;5-10,17H,4,11-16H2,1-3H3;3*1H4. The van der Waals surface area contributed by atoms with Crippen LogP contribution in [0.2, 0.25) is 30.1 Å². The van der Waals surface area contributed by atoms with Gasteiger partial charge in [-0.3, -0.25) is 43.4 Å². The highest BCUT2D eigenvalue weighted by atomic mass is 35.5. The maximum atomic E-state index is 13.8. The van der Waals surface area contributed by atoms with Crippen molar-refractivity contribution in [1.82, 2.24) is 38.2 Å². The van der Waals surface area contributed by atoms with Gasteiger partial charge in [0.15, 0.2) is 0 Å². The van der Waals surface area contributed by atoms with Crippen LogP contribution in [0.3, 0.4) is 0 Å². The quantitative estimate of drug-likeness (QED) is 0.0391. The lowest BCUT2D eigenvalue weighted by molar-refractivity contribution is -0.385. The summed E-state index contributed by atoms with van der Waals surface area (Å²) in [4.78, 5) is 133. The number of rotatable bonds is 20. The SMILES string of the molecule is C.C.C.CCOC(=O)c1c(N2CCN(C(=O)c3ccc(Cl)c(Cl)c3)CC2)c2cc(Cl)ccc2n(CCN(C)C)c1=O.CCOC(=O)c1c(N2CCN(C(=O)c3ccc(Cl)cc3)CC2)c2cc(Cl)ccc2n(CCN(C)C)c1=O.COc1ccc(C(=O)N2CCN(c3c([N+](=O)[O-])c(=O)n(Cc4ccc(F)cc4)c4ccc(Cl)cc34)CC2)cc1. The first kappa shape index (κ1) is 92.2. The average molecular weight is 1720 g/mol. The van der Waals surface area contributed by atoms with Crippen LogP contribution in [0.15, 0.2) is 160 Å². The molecule has 3 aromatic heterocycles. The Morgan fingerprint density at radius 1 is 0.444 bits per heavy atom. The number of amides is 3. The average Bonchev–Trinajstić information content (AvgIpc) is 0.753. The first-order valence-electron chi connectivity index (χ1n) is 36.7. The fourth-order valence-electron chi connectivity index (χ4n) is 14.0. The molecule has 3 saturated heterocycles. The smallest absolute Gasteiger partial charge is 0.357 e. The number of carbonyl (C=O) groups is 5. The van der Waals surface area contributed by atoms with Crippen molar-refractivity contribution in [1.29, 1.82) is 0 Å². The molecule has 3 aliphatic rings. The van der Waals surface area contributed by atoms with E-state index >= 15 is 0 Å². The number of anilines is 3. The molecule has 3 fully saturated rings. The Morgan fingerprint density at radius 3 is 1.18 bits per heavy atom. The number of likely N-dealkylation sites (N-methyl/N-ethyl adjacent to an activating group) is 2. The molecule has 13 rings (SSSR count). The number of fused-ring (bicyclic) bond motifs is 3. The third kappa shape index (κ3) is 21.2. The Bertz CT molecular complexity index is 5480. The largest absolute Gasteiger partial charge is 0.497 e. The van der Waals surface area contributed by atoms with Crippen molar-refractivity contribution in [3.8, 4) is 5.75 Å². The van der Waals surface area contributed by atoms with Gasteiger partial charge in [-0.15, -0.1) is 0 Å². The Hall–Kier alpha value is -10.3. The lowest BCUT2D eigenvalue weighted by Gasteiger charge is -2.37. The molecule has 0 atom stereocenters. The van der Waals surface area contributed by atoms with Crippen LogP contribution in [0.4, 0.5) is 27.1 Å². The van der Waals surface area contributed by atoms with Crippen molar-refractivity contribution in [2.75, 3.05) is 155 Å². The lowest BCUT2D eigenvalue weighted by atomic mass is 10.1. The van der Waals surface area contributed by atoms with Crippen molar-refractivity contribution >= 4 is 155 Å². The van der Waals surface area contributed by atoms with E-state index in [9.17, 15) is 52.9 Å². The summed E-state index contributed by atoms with van der Waals surface area (Å²) < 4.78 is 33.8. The summed E-state index contributed by atoms with van der Waals surface area (Å²) in [5.74, 6) is -1.54. The predicted molar refractivity (Wildman–Crippen MR) is 466 cm³/mol. The Kier molecular flexibility index (Phi) is 32.5. The van der Waals surface area contributed by atoms with Gasteiger partial charge >= 0.3 is 23.2 Å². The Morgan fingerprint density at radius 2 is 0.803 bits per heavy atom. The molecule has 3 amide bonds. The zero-order chi connectivity index (χ0) is 81.9. The summed E-state index contributed by atoms with van der Waals surface area (Å²) in [7, 11) is 9.24. The topological polar surface area (TPSA) is 248 Å². The fraction of sp³-hybridized carbons (Fsp3) is 0.341. The van der Waals surface area contributed by atoms with E-state index in [0.717, 1.165) is 0 Å². The summed E-state index contributed by atoms with van der Waals surface area (Å²) in [6.45, 7) is 10.2. The second kappa shape index (κ2) is 41.2. The van der Waals surface area contributed by atoms with Crippen LogP contribution in [0, 0.1) is 15.9 Å². The van der Waals surface area contributed by atoms with Crippen molar-refractivity contribution < 1.29 is 47.5 Å². The van der Waals surface area contributed by atoms with Gasteiger partial charge in [0, 0.05) is 158 Å². The van der Waals surface area contributed by atoms with Gasteiger partial charge in [-0.05, 0) is 181 Å². The highest BCUT2D eigenvalue weighted by molar-refractivity contribution is 6.42. The molecular formula is C85H95Cl6FN12O13. The van der Waals surface area contributed by atoms with E-state index in [1.165, 1.54) is 28.8 Å². The molecule has 0 bridgehead atoms. The number of nitro groups is 1. The van der Waals surface area contributed by atoms with Crippen LogP contribution in [-0.2, 0) is 29.1 Å². The molecule has 0 N–H and O–H groups in total. The van der Waals surface area contributed by atoms with Crippen LogP contribution < -0.4 is 36.1 Å². The van der Waals surface area contributed by atoms with Crippen LogP contribution >= 0.6 is 69.6 Å². The fourth-order valence-corrected chi connectivity index (χ4v) is 15.0. The van der Waals surface area contributed by atoms with E-state index in [1.807, 2.05) is 53.9 Å². The second-order valence-electron chi connectivity index (χ2n) is 27.6. The van der Waals surface area contributed by atoms with Crippen LogP contribution in [-0.4, -0.2) is 213 Å². The number of piperazine rings is 3. The Balaban J connectivity index is 0.000000216. The van der Waals surface area contributed by atoms with E-state index in [2.05, 4.69) is 0 Å². The van der Waals surface area contributed by atoms with E-state index in [1.54, 1.807) is 165 Å². The van der Waals surface area contributed by atoms with Gasteiger partial charge in [0.25, 0.3) is 28.8 Å². The number of ether oxygens (including phenoxy) is 3. The van der Waals surface area contributed by atoms with Gasteiger partial charge in [-0.1, -0.05) is 104 Å². The number of hydrogen-bond donors (Lipinski definition) is 0. The molecule has 25 nitrogen and oxygen atoms in total. The van der Waals surface area contributed by atoms with E-state index in [4.69, 9.17) is 83.8 Å². The first-order chi connectivity index (χ1) is 54.6. The summed E-state index contributed by atoms with van der Waals surface area (Å²) in [6.07, 6.45) is 0. The number of hydrogen-bond acceptors (Lipinski definition) is 18. The maximum absolute atomic E-state index is 13.8. The van der Waals surface area contributed by atoms with E-state index in [0.29, 0.717) is 194 Å². The minimum atomic E-state index is -0.772. The monoisotopic (exact) mass is 1720 g/mol. The van der Waals surface area contributed by atoms with Gasteiger partial charge in [0.2, 0.25) is 0 Å². The number of nitrogens with zero attached hydrogens (tertiary/aromatic N) is 12. The molecule has 117 heavy (non-hydrogen) atoms. The molecule has 3 aliphatic heterocycles. The zero-order valence-corrected chi connectivity index (χ0v) is 68.1. The maximum Gasteiger partial charge on any atom is 0.357 e. The molecule has 7 aromatic carbocycles. The van der Waals surface area contributed by atoms with Crippen molar-refractivity contribution in [3.05, 3.63) is 256 Å². The molecule has 6 heterocycles. The Labute approximate surface area is 708 Å². The summed E-state index contributed by atoms with van der Waals surface area (Å²) in [5.41, 5.74) is 2.94. The third-order valence-corrected chi connectivity index (χ3v) is 21.5. The molecule has 10 aromatic rings. The van der Waals surface area contributed by atoms with Gasteiger partial charge in [-0.25, -0.2) is 14.0 Å². The predicted octanol–water partition coefficient (Wildman–Crippen LogP) is 15.3. The zero-order valence-electron chi connectivity index (χ0n) is 63.6. The number of carbonyl (C=O) groups excluding carboxylic acids is 5. The lowest BCUT2D eigenvalue weighted by Crippen LogP contribution is -2.50. The second-order valence-corrected chi connectivity index (χ2v) is 30.1. The minimum Gasteiger partial charge on any atom is -0.497 e. The molecule has 0 unspecified atom stereocenters. The minimum absolute atomic E-state index is 0. The number of pyridine rings is 3. The summed E-state index contributed by atoms with van der Waals surface area (Å²) in [5, 5.41) is 16.7. The van der Waals surface area contributed by atoms with Gasteiger partial charge in [-0.2, -0.15) is 0 Å². The van der Waals surface area contributed by atoms with Crippen molar-refractivity contribution in [2.45, 2.75) is 55.8 Å². The van der Waals surface area contributed by atoms with Gasteiger partial charge < -0.3 is 62.5 Å². The van der Waals surface area contributed by atoms with Crippen molar-refractivity contribution in [2.24, 2.45) is 0 Å². The number of esters is 2. The van der Waals surface area contributed by atoms with Gasteiger partial charge in [0.05, 0.1) is 69.8 Å². The summed E-state index contributed by atoms with van der Waals surface area (Å²) in [6, 6.07) is 39.5. The third-order valence-electron chi connectivity index (χ3n) is 19.8. The number of halogens is 7. The molecule has 0 aliphatic carbocycles. The molecule has 0 spiro atoms. The number of benzene rings is 7. The van der Waals surface area contributed by atoms with Crippen LogP contribution in [0.1, 0.15) is 93.5 Å². The number of aromatic nitrogens is 3. The molecule has 622 valence electrons. The van der Waals surface area contributed by atoms with E-state index < -0.39 is 45.0 Å². The van der Waals surface area contributed by atoms with Gasteiger partial charge in [0.1, 0.15) is 28.4 Å². The highest BCUT2D eigenvalue weighted by Crippen LogP contribution is 2.39. The van der Waals surface area contributed by atoms with Crippen molar-refractivity contribution in [3.63, 3.8) is 0 Å². The number of methoxy groups -OCH3 is 1.